The molecular weight excluding hydrogens is 284 g/mol. The summed E-state index contributed by atoms with van der Waals surface area (Å²) in [5, 5.41) is 9.04. The monoisotopic (exact) mass is 314 g/mol. The predicted molar refractivity (Wildman–Crippen MR) is 84.9 cm³/mol. The molecule has 6 heteroatoms. The Hall–Kier alpha value is -1.30. The molecule has 0 aromatic heterocycles. The number of hydrogen-bond donors (Lipinski definition) is 1. The molecule has 1 fully saturated rings. The van der Waals surface area contributed by atoms with Gasteiger partial charge in [-0.05, 0) is 54.0 Å². The van der Waals surface area contributed by atoms with Gasteiger partial charge in [-0.25, -0.2) is 4.79 Å². The highest BCUT2D eigenvalue weighted by Gasteiger charge is 2.31. The average Bonchev–Trinajstić information content (AvgIpc) is 2.34. The van der Waals surface area contributed by atoms with Crippen molar-refractivity contribution in [2.75, 3.05) is 19.6 Å². The number of piperidine rings is 1. The second-order valence-corrected chi connectivity index (χ2v) is 7.24. The first kappa shape index (κ1) is 18.7. The van der Waals surface area contributed by atoms with Gasteiger partial charge in [-0.3, -0.25) is 9.69 Å². The van der Waals surface area contributed by atoms with E-state index in [2.05, 4.69) is 0 Å². The van der Waals surface area contributed by atoms with E-state index < -0.39 is 11.6 Å². The quantitative estimate of drug-likeness (QED) is 0.844. The lowest BCUT2D eigenvalue weighted by Gasteiger charge is -2.39. The third-order valence-electron chi connectivity index (χ3n) is 3.75. The Morgan fingerprint density at radius 2 is 1.95 bits per heavy atom. The van der Waals surface area contributed by atoms with Gasteiger partial charge in [-0.1, -0.05) is 6.42 Å². The van der Waals surface area contributed by atoms with E-state index in [1.54, 1.807) is 4.90 Å². The van der Waals surface area contributed by atoms with Crippen LogP contribution in [0.3, 0.4) is 0 Å². The summed E-state index contributed by atoms with van der Waals surface area (Å²) in [6.45, 7) is 10.8. The summed E-state index contributed by atoms with van der Waals surface area (Å²) in [6.07, 6.45) is 2.67. The number of carboxylic acid groups (broad SMARTS) is 1. The highest BCUT2D eigenvalue weighted by Crippen LogP contribution is 2.20. The van der Waals surface area contributed by atoms with E-state index in [0.29, 0.717) is 6.54 Å². The van der Waals surface area contributed by atoms with Crippen molar-refractivity contribution in [1.82, 2.24) is 9.80 Å². The number of amides is 1. The summed E-state index contributed by atoms with van der Waals surface area (Å²) in [5.41, 5.74) is -0.530. The zero-order valence-electron chi connectivity index (χ0n) is 14.5. The van der Waals surface area contributed by atoms with Gasteiger partial charge in [0.2, 0.25) is 0 Å². The molecule has 128 valence electrons. The molecule has 0 aromatic carbocycles. The highest BCUT2D eigenvalue weighted by molar-refractivity contribution is 5.69. The molecule has 6 nitrogen and oxygen atoms in total. The number of aliphatic carboxylic acids is 1. The van der Waals surface area contributed by atoms with Crippen LogP contribution in [0.25, 0.3) is 0 Å². The number of likely N-dealkylation sites (tertiary alicyclic amines) is 1. The fourth-order valence-corrected chi connectivity index (χ4v) is 2.69. The number of rotatable bonds is 5. The molecule has 0 unspecified atom stereocenters. The van der Waals surface area contributed by atoms with E-state index in [-0.39, 0.29) is 24.7 Å². The van der Waals surface area contributed by atoms with Crippen LogP contribution in [0.2, 0.25) is 0 Å². The zero-order chi connectivity index (χ0) is 16.9. The number of carbonyl (C=O) groups is 2. The van der Waals surface area contributed by atoms with E-state index in [1.165, 1.54) is 0 Å². The topological polar surface area (TPSA) is 70.1 Å². The molecule has 0 radical (unpaired) electrons. The summed E-state index contributed by atoms with van der Waals surface area (Å²) in [5.74, 6) is -0.819. The Kier molecular flexibility index (Phi) is 6.66. The lowest BCUT2D eigenvalue weighted by Crippen LogP contribution is -2.52. The van der Waals surface area contributed by atoms with Gasteiger partial charge >= 0.3 is 12.1 Å². The Labute approximate surface area is 133 Å². The van der Waals surface area contributed by atoms with Gasteiger partial charge in [0.15, 0.2) is 0 Å². The van der Waals surface area contributed by atoms with Crippen LogP contribution in [-0.4, -0.2) is 64.3 Å². The number of carbonyl (C=O) groups excluding carboxylic acids is 1. The number of hydrogen-bond acceptors (Lipinski definition) is 4. The minimum Gasteiger partial charge on any atom is -0.480 e. The fourth-order valence-electron chi connectivity index (χ4n) is 2.69. The third kappa shape index (κ3) is 6.22. The van der Waals surface area contributed by atoms with Crippen molar-refractivity contribution < 1.29 is 19.4 Å². The van der Waals surface area contributed by atoms with Gasteiger partial charge < -0.3 is 14.7 Å². The summed E-state index contributed by atoms with van der Waals surface area (Å²) < 4.78 is 5.47. The van der Waals surface area contributed by atoms with Crippen molar-refractivity contribution in [3.63, 3.8) is 0 Å². The molecular formula is C16H30N2O4. The minimum atomic E-state index is -0.819. The van der Waals surface area contributed by atoms with Crippen molar-refractivity contribution in [2.24, 2.45) is 0 Å². The van der Waals surface area contributed by atoms with Gasteiger partial charge in [0.05, 0.1) is 6.54 Å². The highest BCUT2D eigenvalue weighted by atomic mass is 16.6. The van der Waals surface area contributed by atoms with Crippen LogP contribution in [0, 0.1) is 0 Å². The van der Waals surface area contributed by atoms with Gasteiger partial charge in [0.25, 0.3) is 0 Å². The smallest absolute Gasteiger partial charge is 0.410 e. The molecule has 0 spiro atoms. The number of ether oxygens (including phenoxy) is 1. The van der Waals surface area contributed by atoms with E-state index in [4.69, 9.17) is 9.84 Å². The van der Waals surface area contributed by atoms with Crippen LogP contribution in [0.5, 0.6) is 0 Å². The first-order valence-corrected chi connectivity index (χ1v) is 8.05. The summed E-state index contributed by atoms with van der Waals surface area (Å²) >= 11 is 0. The molecule has 0 bridgehead atoms. The van der Waals surface area contributed by atoms with Gasteiger partial charge in [0, 0.05) is 18.6 Å². The van der Waals surface area contributed by atoms with Crippen molar-refractivity contribution in [3.8, 4) is 0 Å². The standard InChI is InChI=1S/C16H30N2O4/c1-12(2)18(15(21)22-16(3,4)5)10-13-8-6-7-9-17(13)11-14(19)20/h12-13H,6-11H2,1-5H3,(H,19,20)/t13-/m1/s1. The largest absolute Gasteiger partial charge is 0.480 e. The molecule has 0 saturated carbocycles. The molecule has 1 aliphatic heterocycles. The first-order valence-electron chi connectivity index (χ1n) is 8.05. The zero-order valence-corrected chi connectivity index (χ0v) is 14.5. The number of carboxylic acids is 1. The maximum Gasteiger partial charge on any atom is 0.410 e. The van der Waals surface area contributed by atoms with Crippen LogP contribution in [0.1, 0.15) is 53.9 Å². The SMILES string of the molecule is CC(C)N(C[C@H]1CCCCN1CC(=O)O)C(=O)OC(C)(C)C. The molecule has 1 amide bonds. The van der Waals surface area contributed by atoms with Crippen LogP contribution in [0.15, 0.2) is 0 Å². The molecule has 0 aromatic rings. The molecule has 1 atom stereocenters. The third-order valence-corrected chi connectivity index (χ3v) is 3.75. The van der Waals surface area contributed by atoms with Crippen molar-refractivity contribution >= 4 is 12.1 Å². The maximum atomic E-state index is 12.4. The average molecular weight is 314 g/mol. The van der Waals surface area contributed by atoms with Crippen molar-refractivity contribution in [1.29, 1.82) is 0 Å². The molecule has 1 saturated heterocycles. The van der Waals surface area contributed by atoms with Crippen molar-refractivity contribution in [2.45, 2.75) is 71.6 Å². The van der Waals surface area contributed by atoms with Gasteiger partial charge in [0.1, 0.15) is 5.60 Å². The second kappa shape index (κ2) is 7.81. The van der Waals surface area contributed by atoms with Crippen LogP contribution < -0.4 is 0 Å². The molecule has 1 rings (SSSR count). The minimum absolute atomic E-state index is 0.0171. The van der Waals surface area contributed by atoms with E-state index >= 15 is 0 Å². The van der Waals surface area contributed by atoms with Crippen molar-refractivity contribution in [3.05, 3.63) is 0 Å². The van der Waals surface area contributed by atoms with Crippen LogP contribution in [-0.2, 0) is 9.53 Å². The van der Waals surface area contributed by atoms with E-state index in [9.17, 15) is 9.59 Å². The lowest BCUT2D eigenvalue weighted by atomic mass is 10.0. The number of nitrogens with zero attached hydrogens (tertiary/aromatic N) is 2. The molecule has 1 heterocycles. The molecule has 1 N–H and O–H groups in total. The summed E-state index contributed by atoms with van der Waals surface area (Å²) in [6, 6.07) is 0.100. The summed E-state index contributed by atoms with van der Waals surface area (Å²) in [4.78, 5) is 27.0. The molecule has 0 aliphatic carbocycles. The maximum absolute atomic E-state index is 12.4. The van der Waals surface area contributed by atoms with E-state index in [0.717, 1.165) is 25.8 Å². The second-order valence-electron chi connectivity index (χ2n) is 7.24. The van der Waals surface area contributed by atoms with Gasteiger partial charge in [-0.15, -0.1) is 0 Å². The Balaban J connectivity index is 2.75. The molecule has 22 heavy (non-hydrogen) atoms. The Morgan fingerprint density at radius 1 is 1.32 bits per heavy atom. The van der Waals surface area contributed by atoms with Crippen LogP contribution in [0.4, 0.5) is 4.79 Å². The predicted octanol–water partition coefficient (Wildman–Crippen LogP) is 2.57. The first-order chi connectivity index (χ1) is 10.1. The Morgan fingerprint density at radius 3 is 2.45 bits per heavy atom. The molecule has 1 aliphatic rings. The summed E-state index contributed by atoms with van der Waals surface area (Å²) in [7, 11) is 0. The normalized spacial score (nSPS) is 20.0. The fraction of sp³-hybridized carbons (Fsp3) is 0.875. The van der Waals surface area contributed by atoms with Crippen LogP contribution >= 0.6 is 0 Å². The van der Waals surface area contributed by atoms with E-state index in [1.807, 2.05) is 39.5 Å². The van der Waals surface area contributed by atoms with Gasteiger partial charge in [-0.2, -0.15) is 0 Å². The Bertz CT molecular complexity index is 390. The lowest BCUT2D eigenvalue weighted by molar-refractivity contribution is -0.139.